The third-order valence-corrected chi connectivity index (χ3v) is 6.24. The van der Waals surface area contributed by atoms with Crippen LogP contribution in [-0.2, 0) is 9.59 Å². The van der Waals surface area contributed by atoms with Crippen LogP contribution in [0.25, 0.3) is 0 Å². The zero-order valence-electron chi connectivity index (χ0n) is 18.8. The van der Waals surface area contributed by atoms with Crippen molar-refractivity contribution in [1.82, 2.24) is 0 Å². The molecule has 1 heterocycles. The maximum atomic E-state index is 13.5. The number of carbonyl (C=O) groups is 2. The van der Waals surface area contributed by atoms with Crippen molar-refractivity contribution in [3.8, 4) is 11.5 Å². The molecule has 0 fully saturated rings. The van der Waals surface area contributed by atoms with Gasteiger partial charge in [-0.1, -0.05) is 43.7 Å². The number of aryl methyl sites for hydroxylation is 1. The lowest BCUT2D eigenvalue weighted by atomic mass is 9.69. The van der Waals surface area contributed by atoms with Crippen LogP contribution in [0.1, 0.15) is 50.2 Å². The molecule has 1 atom stereocenters. The number of para-hydroxylation sites is 1. The van der Waals surface area contributed by atoms with Crippen molar-refractivity contribution in [3.63, 3.8) is 0 Å². The lowest BCUT2D eigenvalue weighted by Crippen LogP contribution is -2.43. The molecule has 2 aromatic rings. The Morgan fingerprint density at radius 1 is 0.968 bits per heavy atom. The van der Waals surface area contributed by atoms with Crippen molar-refractivity contribution < 1.29 is 19.1 Å². The van der Waals surface area contributed by atoms with E-state index in [1.165, 1.54) is 0 Å². The van der Waals surface area contributed by atoms with E-state index in [0.29, 0.717) is 24.3 Å². The lowest BCUT2D eigenvalue weighted by molar-refractivity contribution is -0.121. The molecule has 0 bridgehead atoms. The Kier molecular flexibility index (Phi) is 5.38. The van der Waals surface area contributed by atoms with Crippen LogP contribution in [0, 0.1) is 12.3 Å². The van der Waals surface area contributed by atoms with E-state index in [1.807, 2.05) is 49.4 Å². The fraction of sp³-hybridized carbons (Fsp3) is 0.385. The first-order valence-corrected chi connectivity index (χ1v) is 10.6. The molecule has 0 N–H and O–H groups in total. The van der Waals surface area contributed by atoms with E-state index in [1.54, 1.807) is 19.1 Å². The van der Waals surface area contributed by atoms with Crippen LogP contribution in [0.3, 0.4) is 0 Å². The normalized spacial score (nSPS) is 20.5. The van der Waals surface area contributed by atoms with Crippen LogP contribution in [0.15, 0.2) is 53.7 Å². The second kappa shape index (κ2) is 7.88. The number of allylic oxidation sites excluding steroid dienone is 2. The molecule has 0 aromatic heterocycles. The summed E-state index contributed by atoms with van der Waals surface area (Å²) < 4.78 is 11.1. The minimum absolute atomic E-state index is 0.0111. The van der Waals surface area contributed by atoms with E-state index in [-0.39, 0.29) is 29.4 Å². The van der Waals surface area contributed by atoms with Gasteiger partial charge in [0, 0.05) is 41.3 Å². The first-order chi connectivity index (χ1) is 14.8. The highest BCUT2D eigenvalue weighted by molar-refractivity contribution is 6.08. The zero-order chi connectivity index (χ0) is 22.3. The maximum absolute atomic E-state index is 13.5. The molecule has 31 heavy (non-hydrogen) atoms. The van der Waals surface area contributed by atoms with E-state index in [2.05, 4.69) is 13.8 Å². The van der Waals surface area contributed by atoms with Gasteiger partial charge in [-0.15, -0.1) is 0 Å². The molecule has 0 spiro atoms. The highest BCUT2D eigenvalue weighted by atomic mass is 16.5. The quantitative estimate of drug-likeness (QED) is 0.686. The molecule has 1 aliphatic carbocycles. The second-order valence-electron chi connectivity index (χ2n) is 9.21. The molecular weight excluding hydrogens is 390 g/mol. The third-order valence-electron chi connectivity index (χ3n) is 6.24. The number of rotatable bonds is 4. The summed E-state index contributed by atoms with van der Waals surface area (Å²) >= 11 is 0. The number of ketones is 1. The largest absolute Gasteiger partial charge is 0.493 e. The Morgan fingerprint density at radius 2 is 1.68 bits per heavy atom. The molecule has 0 saturated carbocycles. The van der Waals surface area contributed by atoms with Crippen molar-refractivity contribution in [2.24, 2.45) is 5.41 Å². The number of nitrogens with zero attached hydrogens (tertiary/aromatic N) is 1. The summed E-state index contributed by atoms with van der Waals surface area (Å²) in [5, 5.41) is 0. The Morgan fingerprint density at radius 3 is 2.32 bits per heavy atom. The SMILES string of the molecule is COc1cccc([C@@H]2CC(=O)N(c3ccc(C)cc3)C3=C2C(=O)CC(C)(C)C3)c1OC. The van der Waals surface area contributed by atoms with E-state index >= 15 is 0 Å². The van der Waals surface area contributed by atoms with Crippen molar-refractivity contribution in [2.45, 2.75) is 46.0 Å². The average Bonchev–Trinajstić information content (AvgIpc) is 2.72. The summed E-state index contributed by atoms with van der Waals surface area (Å²) in [5.74, 6) is 0.918. The lowest BCUT2D eigenvalue weighted by Gasteiger charge is -2.43. The minimum atomic E-state index is -0.349. The number of amides is 1. The number of Topliss-reactive ketones (excluding diaryl/α,β-unsaturated/α-hetero) is 1. The van der Waals surface area contributed by atoms with Gasteiger partial charge in [-0.2, -0.15) is 0 Å². The fourth-order valence-electron chi connectivity index (χ4n) is 4.86. The number of anilines is 1. The Labute approximate surface area is 183 Å². The van der Waals surface area contributed by atoms with Crippen molar-refractivity contribution in [3.05, 3.63) is 64.9 Å². The van der Waals surface area contributed by atoms with E-state index < -0.39 is 0 Å². The molecule has 5 heteroatoms. The summed E-state index contributed by atoms with van der Waals surface area (Å²) in [7, 11) is 3.18. The van der Waals surface area contributed by atoms with Crippen molar-refractivity contribution in [2.75, 3.05) is 19.1 Å². The van der Waals surface area contributed by atoms with E-state index in [4.69, 9.17) is 9.47 Å². The number of methoxy groups -OCH3 is 2. The molecule has 0 saturated heterocycles. The van der Waals surface area contributed by atoms with Crippen LogP contribution in [0.2, 0.25) is 0 Å². The number of hydrogen-bond donors (Lipinski definition) is 0. The van der Waals surface area contributed by atoms with E-state index in [0.717, 1.165) is 28.1 Å². The van der Waals surface area contributed by atoms with Crippen LogP contribution in [0.4, 0.5) is 5.69 Å². The topological polar surface area (TPSA) is 55.8 Å². The van der Waals surface area contributed by atoms with Crippen molar-refractivity contribution in [1.29, 1.82) is 0 Å². The summed E-state index contributed by atoms with van der Waals surface area (Å²) in [6.07, 6.45) is 1.34. The van der Waals surface area contributed by atoms with Gasteiger partial charge in [0.05, 0.1) is 14.2 Å². The summed E-state index contributed by atoms with van der Waals surface area (Å²) in [4.78, 5) is 28.7. The van der Waals surface area contributed by atoms with Crippen LogP contribution in [-0.4, -0.2) is 25.9 Å². The Balaban J connectivity index is 1.93. The number of hydrogen-bond acceptors (Lipinski definition) is 4. The molecule has 162 valence electrons. The third kappa shape index (κ3) is 3.73. The summed E-state index contributed by atoms with van der Waals surface area (Å²) in [5.41, 5.74) is 4.09. The van der Waals surface area contributed by atoms with Gasteiger partial charge in [0.1, 0.15) is 0 Å². The van der Waals surface area contributed by atoms with Gasteiger partial charge >= 0.3 is 0 Å². The molecule has 1 amide bonds. The first-order valence-electron chi connectivity index (χ1n) is 10.6. The smallest absolute Gasteiger partial charge is 0.232 e. The second-order valence-corrected chi connectivity index (χ2v) is 9.21. The van der Waals surface area contributed by atoms with Crippen LogP contribution >= 0.6 is 0 Å². The highest BCUT2D eigenvalue weighted by Crippen LogP contribution is 2.50. The predicted octanol–water partition coefficient (Wildman–Crippen LogP) is 5.18. The Bertz CT molecular complexity index is 1070. The van der Waals surface area contributed by atoms with Crippen LogP contribution < -0.4 is 14.4 Å². The average molecular weight is 420 g/mol. The zero-order valence-corrected chi connectivity index (χ0v) is 18.8. The van der Waals surface area contributed by atoms with Gasteiger partial charge in [0.2, 0.25) is 5.91 Å². The number of carbonyl (C=O) groups excluding carboxylic acids is 2. The first kappa shape index (κ1) is 21.2. The highest BCUT2D eigenvalue weighted by Gasteiger charge is 2.45. The monoisotopic (exact) mass is 419 g/mol. The maximum Gasteiger partial charge on any atom is 0.232 e. The van der Waals surface area contributed by atoms with Gasteiger partial charge in [0.25, 0.3) is 0 Å². The summed E-state index contributed by atoms with van der Waals surface area (Å²) in [6.45, 7) is 6.19. The molecule has 0 unspecified atom stereocenters. The van der Waals surface area contributed by atoms with Gasteiger partial charge in [-0.3, -0.25) is 14.5 Å². The summed E-state index contributed by atoms with van der Waals surface area (Å²) in [6, 6.07) is 13.5. The van der Waals surface area contributed by atoms with Crippen molar-refractivity contribution >= 4 is 17.4 Å². The van der Waals surface area contributed by atoms with Gasteiger partial charge in [-0.05, 0) is 37.0 Å². The molecule has 5 nitrogen and oxygen atoms in total. The molecule has 4 rings (SSSR count). The van der Waals surface area contributed by atoms with Crippen LogP contribution in [0.5, 0.6) is 11.5 Å². The molecule has 2 aliphatic rings. The molecule has 0 radical (unpaired) electrons. The molecule has 1 aliphatic heterocycles. The predicted molar refractivity (Wildman–Crippen MR) is 121 cm³/mol. The fourth-order valence-corrected chi connectivity index (χ4v) is 4.86. The van der Waals surface area contributed by atoms with Gasteiger partial charge in [-0.25, -0.2) is 0 Å². The molecular formula is C26H29NO4. The van der Waals surface area contributed by atoms with Gasteiger partial charge in [0.15, 0.2) is 17.3 Å². The Hall–Kier alpha value is -3.08. The molecule has 2 aromatic carbocycles. The van der Waals surface area contributed by atoms with E-state index in [9.17, 15) is 9.59 Å². The number of benzene rings is 2. The number of ether oxygens (including phenoxy) is 2. The minimum Gasteiger partial charge on any atom is -0.493 e. The standard InChI is InChI=1S/C26H29NO4/c1-16-9-11-17(12-10-16)27-20-14-26(2,3)15-21(28)24(20)19(13-23(27)29)18-7-6-8-22(30-4)25(18)31-5/h6-12,19H,13-15H2,1-5H3/t19-/m0/s1. The van der Waals surface area contributed by atoms with Gasteiger partial charge < -0.3 is 9.47 Å².